The highest BCUT2D eigenvalue weighted by Gasteiger charge is 2.11. The van der Waals surface area contributed by atoms with E-state index in [1.807, 2.05) is 25.1 Å². The minimum atomic E-state index is 0.0644. The van der Waals surface area contributed by atoms with E-state index in [-0.39, 0.29) is 5.78 Å². The van der Waals surface area contributed by atoms with Gasteiger partial charge in [0.05, 0.1) is 12.2 Å². The van der Waals surface area contributed by atoms with Gasteiger partial charge in [-0.15, -0.1) is 0 Å². The van der Waals surface area contributed by atoms with E-state index in [2.05, 4.69) is 4.90 Å². The summed E-state index contributed by atoms with van der Waals surface area (Å²) in [6.45, 7) is 7.83. The van der Waals surface area contributed by atoms with Gasteiger partial charge in [-0.3, -0.25) is 4.79 Å². The molecule has 1 fully saturated rings. The van der Waals surface area contributed by atoms with Gasteiger partial charge < -0.3 is 9.64 Å². The van der Waals surface area contributed by atoms with Crippen LogP contribution < -0.4 is 4.74 Å². The van der Waals surface area contributed by atoms with Crippen LogP contribution >= 0.6 is 0 Å². The van der Waals surface area contributed by atoms with Crippen LogP contribution in [-0.2, 0) is 0 Å². The number of hydrogen-bond donors (Lipinski definition) is 0. The molecule has 0 bridgehead atoms. The molecule has 3 heteroatoms. The smallest absolute Gasteiger partial charge is 0.163 e. The third kappa shape index (κ3) is 4.06. The van der Waals surface area contributed by atoms with Crippen molar-refractivity contribution in [1.82, 2.24) is 4.90 Å². The largest absolute Gasteiger partial charge is 0.493 e. The number of ether oxygens (including phenoxy) is 1. The minimum absolute atomic E-state index is 0.0644. The van der Waals surface area contributed by atoms with E-state index in [0.29, 0.717) is 12.2 Å². The number of hydrogen-bond acceptors (Lipinski definition) is 3. The molecule has 0 unspecified atom stereocenters. The van der Waals surface area contributed by atoms with Crippen LogP contribution in [0.1, 0.15) is 42.1 Å². The topological polar surface area (TPSA) is 29.5 Å². The van der Waals surface area contributed by atoms with Crippen molar-refractivity contribution in [2.45, 2.75) is 33.1 Å². The maximum Gasteiger partial charge on any atom is 0.163 e. The van der Waals surface area contributed by atoms with E-state index in [1.54, 1.807) is 6.92 Å². The van der Waals surface area contributed by atoms with Crippen LogP contribution in [0.15, 0.2) is 18.2 Å². The molecule has 19 heavy (non-hydrogen) atoms. The maximum atomic E-state index is 11.5. The molecular weight excluding hydrogens is 238 g/mol. The van der Waals surface area contributed by atoms with E-state index in [9.17, 15) is 4.79 Å². The van der Waals surface area contributed by atoms with E-state index in [4.69, 9.17) is 4.74 Å². The van der Waals surface area contributed by atoms with Crippen molar-refractivity contribution < 1.29 is 9.53 Å². The molecule has 0 N–H and O–H groups in total. The number of carbonyl (C=O) groups excluding carboxylic acids is 1. The Balaban J connectivity index is 1.84. The highest BCUT2D eigenvalue weighted by Crippen LogP contribution is 2.21. The average molecular weight is 261 g/mol. The molecule has 0 atom stereocenters. The van der Waals surface area contributed by atoms with Gasteiger partial charge in [0, 0.05) is 6.54 Å². The summed E-state index contributed by atoms with van der Waals surface area (Å²) in [4.78, 5) is 14.0. The molecule has 1 saturated heterocycles. The van der Waals surface area contributed by atoms with Crippen molar-refractivity contribution >= 4 is 5.78 Å². The predicted octanol–water partition coefficient (Wildman–Crippen LogP) is 3.06. The van der Waals surface area contributed by atoms with Gasteiger partial charge in [0.25, 0.3) is 0 Å². The second kappa shape index (κ2) is 6.71. The Labute approximate surface area is 115 Å². The van der Waals surface area contributed by atoms with Crippen molar-refractivity contribution in [2.75, 3.05) is 26.2 Å². The fourth-order valence-electron chi connectivity index (χ4n) is 2.52. The SMILES string of the molecule is CC(=O)c1ccc(C)cc1OCCCN1CCCC1. The monoisotopic (exact) mass is 261 g/mol. The van der Waals surface area contributed by atoms with Gasteiger partial charge >= 0.3 is 0 Å². The number of ketones is 1. The van der Waals surface area contributed by atoms with Gasteiger partial charge in [0.15, 0.2) is 5.78 Å². The van der Waals surface area contributed by atoms with Gasteiger partial charge in [0.1, 0.15) is 5.75 Å². The summed E-state index contributed by atoms with van der Waals surface area (Å²) in [5.41, 5.74) is 1.81. The highest BCUT2D eigenvalue weighted by atomic mass is 16.5. The molecule has 1 aromatic carbocycles. The van der Waals surface area contributed by atoms with E-state index in [1.165, 1.54) is 25.9 Å². The van der Waals surface area contributed by atoms with Gasteiger partial charge in [-0.1, -0.05) is 6.07 Å². The quantitative estimate of drug-likeness (QED) is 0.582. The summed E-state index contributed by atoms with van der Waals surface area (Å²) >= 11 is 0. The number of aryl methyl sites for hydroxylation is 1. The number of rotatable bonds is 6. The molecule has 1 heterocycles. The fraction of sp³-hybridized carbons (Fsp3) is 0.562. The highest BCUT2D eigenvalue weighted by molar-refractivity contribution is 5.96. The Kier molecular flexibility index (Phi) is 4.97. The first-order valence-electron chi connectivity index (χ1n) is 7.13. The molecule has 3 nitrogen and oxygen atoms in total. The Hall–Kier alpha value is -1.35. The van der Waals surface area contributed by atoms with Crippen molar-refractivity contribution in [3.8, 4) is 5.75 Å². The van der Waals surface area contributed by atoms with Gasteiger partial charge in [-0.25, -0.2) is 0 Å². The van der Waals surface area contributed by atoms with Crippen LogP contribution in [0.2, 0.25) is 0 Å². The second-order valence-electron chi connectivity index (χ2n) is 5.31. The van der Waals surface area contributed by atoms with Crippen LogP contribution in [0.3, 0.4) is 0 Å². The maximum absolute atomic E-state index is 11.5. The predicted molar refractivity (Wildman–Crippen MR) is 77.0 cm³/mol. The Morgan fingerprint density at radius 1 is 1.32 bits per heavy atom. The summed E-state index contributed by atoms with van der Waals surface area (Å²) in [6, 6.07) is 5.76. The minimum Gasteiger partial charge on any atom is -0.493 e. The summed E-state index contributed by atoms with van der Waals surface area (Å²) in [5, 5.41) is 0. The second-order valence-corrected chi connectivity index (χ2v) is 5.31. The van der Waals surface area contributed by atoms with Crippen LogP contribution in [0, 0.1) is 6.92 Å². The fourth-order valence-corrected chi connectivity index (χ4v) is 2.52. The lowest BCUT2D eigenvalue weighted by Crippen LogP contribution is -2.22. The summed E-state index contributed by atoms with van der Waals surface area (Å²) < 4.78 is 5.79. The normalized spacial score (nSPS) is 15.7. The Morgan fingerprint density at radius 3 is 2.74 bits per heavy atom. The van der Waals surface area contributed by atoms with Crippen LogP contribution in [0.5, 0.6) is 5.75 Å². The number of nitrogens with zero attached hydrogens (tertiary/aromatic N) is 1. The van der Waals surface area contributed by atoms with Crippen LogP contribution in [0.4, 0.5) is 0 Å². The number of Topliss-reactive ketones (excluding diaryl/α,β-unsaturated/α-hetero) is 1. The first kappa shape index (κ1) is 14.1. The first-order chi connectivity index (χ1) is 9.16. The number of likely N-dealkylation sites (tertiary alicyclic amines) is 1. The zero-order chi connectivity index (χ0) is 13.7. The summed E-state index contributed by atoms with van der Waals surface area (Å²) in [6.07, 6.45) is 3.67. The molecule has 0 amide bonds. The van der Waals surface area contributed by atoms with Crippen molar-refractivity contribution in [3.63, 3.8) is 0 Å². The zero-order valence-electron chi connectivity index (χ0n) is 11.9. The van der Waals surface area contributed by atoms with E-state index >= 15 is 0 Å². The molecule has 1 aliphatic heterocycles. The first-order valence-corrected chi connectivity index (χ1v) is 7.13. The zero-order valence-corrected chi connectivity index (χ0v) is 11.9. The van der Waals surface area contributed by atoms with Gasteiger partial charge in [-0.2, -0.15) is 0 Å². The lowest BCUT2D eigenvalue weighted by Gasteiger charge is -2.15. The Morgan fingerprint density at radius 2 is 2.05 bits per heavy atom. The van der Waals surface area contributed by atoms with Crippen molar-refractivity contribution in [1.29, 1.82) is 0 Å². The molecule has 1 aliphatic rings. The number of benzene rings is 1. The molecular formula is C16H23NO2. The lowest BCUT2D eigenvalue weighted by molar-refractivity contribution is 0.101. The molecule has 0 saturated carbocycles. The van der Waals surface area contributed by atoms with E-state index < -0.39 is 0 Å². The Bertz CT molecular complexity index is 436. The average Bonchev–Trinajstić information content (AvgIpc) is 2.87. The van der Waals surface area contributed by atoms with Gasteiger partial charge in [0.2, 0.25) is 0 Å². The summed E-state index contributed by atoms with van der Waals surface area (Å²) in [5.74, 6) is 0.795. The molecule has 1 aromatic rings. The molecule has 0 spiro atoms. The van der Waals surface area contributed by atoms with Crippen LogP contribution in [0.25, 0.3) is 0 Å². The number of carbonyl (C=O) groups is 1. The van der Waals surface area contributed by atoms with Crippen molar-refractivity contribution in [2.24, 2.45) is 0 Å². The van der Waals surface area contributed by atoms with E-state index in [0.717, 1.165) is 24.3 Å². The third-order valence-corrected chi connectivity index (χ3v) is 3.59. The molecule has 2 rings (SSSR count). The summed E-state index contributed by atoms with van der Waals surface area (Å²) in [7, 11) is 0. The molecule has 104 valence electrons. The molecule has 0 aliphatic carbocycles. The standard InChI is InChI=1S/C16H23NO2/c1-13-6-7-15(14(2)18)16(12-13)19-11-5-10-17-8-3-4-9-17/h6-7,12H,3-5,8-11H2,1-2H3. The van der Waals surface area contributed by atoms with Crippen molar-refractivity contribution in [3.05, 3.63) is 29.3 Å². The molecule has 0 radical (unpaired) electrons. The molecule has 0 aromatic heterocycles. The lowest BCUT2D eigenvalue weighted by atomic mass is 10.1. The third-order valence-electron chi connectivity index (χ3n) is 3.59. The van der Waals surface area contributed by atoms with Crippen LogP contribution in [-0.4, -0.2) is 36.9 Å². The van der Waals surface area contributed by atoms with Gasteiger partial charge in [-0.05, 0) is 63.9 Å².